The summed E-state index contributed by atoms with van der Waals surface area (Å²) in [6.45, 7) is 6.11. The maximum absolute atomic E-state index is 12.0. The first kappa shape index (κ1) is 12.8. The number of hydrogen-bond acceptors (Lipinski definition) is 3. The molecule has 2 aromatic heterocycles. The SMILES string of the molecule is CCc1cc(C(=O)Nc2ccc(C)cn2)sc1C. The highest BCUT2D eigenvalue weighted by Crippen LogP contribution is 2.22. The van der Waals surface area contributed by atoms with Crippen LogP contribution in [0.4, 0.5) is 5.82 Å². The van der Waals surface area contributed by atoms with E-state index in [1.165, 1.54) is 21.8 Å². The molecule has 0 aliphatic rings. The van der Waals surface area contributed by atoms with Gasteiger partial charge in [0.2, 0.25) is 0 Å². The topological polar surface area (TPSA) is 42.0 Å². The molecule has 0 aliphatic carbocycles. The number of nitrogens with zero attached hydrogens (tertiary/aromatic N) is 1. The molecule has 0 spiro atoms. The average Bonchev–Trinajstić information content (AvgIpc) is 2.73. The Hall–Kier alpha value is -1.68. The molecule has 18 heavy (non-hydrogen) atoms. The molecule has 0 bridgehead atoms. The summed E-state index contributed by atoms with van der Waals surface area (Å²) in [6.07, 6.45) is 2.70. The first-order valence-corrected chi connectivity index (χ1v) is 6.75. The van der Waals surface area contributed by atoms with E-state index in [1.807, 2.05) is 32.0 Å². The Bertz CT molecular complexity index is 558. The lowest BCUT2D eigenvalue weighted by Crippen LogP contribution is -2.11. The van der Waals surface area contributed by atoms with Crippen molar-refractivity contribution in [1.29, 1.82) is 0 Å². The Balaban J connectivity index is 2.14. The highest BCUT2D eigenvalue weighted by molar-refractivity contribution is 7.14. The first-order chi connectivity index (χ1) is 8.60. The molecule has 1 N–H and O–H groups in total. The predicted octanol–water partition coefficient (Wildman–Crippen LogP) is 3.57. The Morgan fingerprint density at radius 2 is 2.17 bits per heavy atom. The maximum Gasteiger partial charge on any atom is 0.266 e. The standard InChI is InChI=1S/C14H16N2OS/c1-4-11-7-12(18-10(11)3)14(17)16-13-6-5-9(2)8-15-13/h5-8H,4H2,1-3H3,(H,15,16,17). The number of aromatic nitrogens is 1. The van der Waals surface area contributed by atoms with Crippen LogP contribution >= 0.6 is 11.3 Å². The smallest absolute Gasteiger partial charge is 0.266 e. The van der Waals surface area contributed by atoms with E-state index in [1.54, 1.807) is 6.20 Å². The molecule has 0 radical (unpaired) electrons. The van der Waals surface area contributed by atoms with Gasteiger partial charge in [0.1, 0.15) is 5.82 Å². The van der Waals surface area contributed by atoms with Crippen molar-refractivity contribution in [3.63, 3.8) is 0 Å². The van der Waals surface area contributed by atoms with Gasteiger partial charge in [0.25, 0.3) is 5.91 Å². The fourth-order valence-electron chi connectivity index (χ4n) is 1.70. The molecule has 0 aliphatic heterocycles. The largest absolute Gasteiger partial charge is 0.306 e. The van der Waals surface area contributed by atoms with E-state index in [2.05, 4.69) is 17.2 Å². The molecule has 0 saturated heterocycles. The molecule has 2 aromatic rings. The molecule has 0 fully saturated rings. The van der Waals surface area contributed by atoms with Gasteiger partial charge in [-0.15, -0.1) is 11.3 Å². The van der Waals surface area contributed by atoms with Gasteiger partial charge in [-0.1, -0.05) is 13.0 Å². The molecule has 1 amide bonds. The Kier molecular flexibility index (Phi) is 3.77. The van der Waals surface area contributed by atoms with Crippen LogP contribution in [-0.2, 0) is 6.42 Å². The van der Waals surface area contributed by atoms with E-state index in [9.17, 15) is 4.79 Å². The molecule has 0 atom stereocenters. The second kappa shape index (κ2) is 5.31. The lowest BCUT2D eigenvalue weighted by atomic mass is 10.2. The summed E-state index contributed by atoms with van der Waals surface area (Å²) in [5, 5.41) is 2.81. The second-order valence-electron chi connectivity index (χ2n) is 4.22. The maximum atomic E-state index is 12.0. The predicted molar refractivity (Wildman–Crippen MR) is 75.4 cm³/mol. The fraction of sp³-hybridized carbons (Fsp3) is 0.286. The number of carbonyl (C=O) groups is 1. The zero-order chi connectivity index (χ0) is 13.1. The molecule has 94 valence electrons. The van der Waals surface area contributed by atoms with E-state index in [4.69, 9.17) is 0 Å². The van der Waals surface area contributed by atoms with E-state index < -0.39 is 0 Å². The first-order valence-electron chi connectivity index (χ1n) is 5.93. The van der Waals surface area contributed by atoms with Gasteiger partial charge in [-0.25, -0.2) is 4.98 Å². The van der Waals surface area contributed by atoms with Crippen molar-refractivity contribution >= 4 is 23.1 Å². The van der Waals surface area contributed by atoms with Gasteiger partial charge in [0.05, 0.1) is 4.88 Å². The van der Waals surface area contributed by atoms with Gasteiger partial charge in [0, 0.05) is 11.1 Å². The van der Waals surface area contributed by atoms with Crippen molar-refractivity contribution in [3.8, 4) is 0 Å². The molecule has 2 heterocycles. The number of carbonyl (C=O) groups excluding carboxylic acids is 1. The van der Waals surface area contributed by atoms with Crippen LogP contribution in [0.15, 0.2) is 24.4 Å². The number of anilines is 1. The molecule has 3 nitrogen and oxygen atoms in total. The monoisotopic (exact) mass is 260 g/mol. The van der Waals surface area contributed by atoms with Crippen LogP contribution in [0.1, 0.15) is 32.6 Å². The van der Waals surface area contributed by atoms with Crippen LogP contribution in [0.25, 0.3) is 0 Å². The third kappa shape index (κ3) is 2.76. The third-order valence-corrected chi connectivity index (χ3v) is 3.87. The number of pyridine rings is 1. The molecular formula is C14H16N2OS. The van der Waals surface area contributed by atoms with E-state index in [-0.39, 0.29) is 5.91 Å². The highest BCUT2D eigenvalue weighted by atomic mass is 32.1. The van der Waals surface area contributed by atoms with Gasteiger partial charge >= 0.3 is 0 Å². The van der Waals surface area contributed by atoms with E-state index in [0.29, 0.717) is 5.82 Å². The zero-order valence-corrected chi connectivity index (χ0v) is 11.6. The summed E-state index contributed by atoms with van der Waals surface area (Å²) in [4.78, 5) is 18.2. The number of thiophene rings is 1. The Morgan fingerprint density at radius 1 is 1.39 bits per heavy atom. The Morgan fingerprint density at radius 3 is 2.72 bits per heavy atom. The molecule has 0 saturated carbocycles. The van der Waals surface area contributed by atoms with E-state index in [0.717, 1.165) is 16.9 Å². The summed E-state index contributed by atoms with van der Waals surface area (Å²) in [6, 6.07) is 5.71. The van der Waals surface area contributed by atoms with Crippen LogP contribution in [0, 0.1) is 13.8 Å². The summed E-state index contributed by atoms with van der Waals surface area (Å²) in [5.41, 5.74) is 2.32. The van der Waals surface area contributed by atoms with Crippen molar-refractivity contribution in [2.45, 2.75) is 27.2 Å². The molecule has 2 rings (SSSR count). The second-order valence-corrected chi connectivity index (χ2v) is 5.48. The van der Waals surface area contributed by atoms with Gasteiger partial charge < -0.3 is 5.32 Å². The lowest BCUT2D eigenvalue weighted by Gasteiger charge is -2.02. The van der Waals surface area contributed by atoms with Crippen LogP contribution in [0.3, 0.4) is 0 Å². The fourth-order valence-corrected chi connectivity index (χ4v) is 2.71. The normalized spacial score (nSPS) is 10.4. The summed E-state index contributed by atoms with van der Waals surface area (Å²) in [5.74, 6) is 0.508. The summed E-state index contributed by atoms with van der Waals surface area (Å²) < 4.78 is 0. The quantitative estimate of drug-likeness (QED) is 0.916. The third-order valence-electron chi connectivity index (χ3n) is 2.78. The van der Waals surface area contributed by atoms with Gasteiger partial charge in [-0.05, 0) is 43.5 Å². The van der Waals surface area contributed by atoms with Gasteiger partial charge in [0.15, 0.2) is 0 Å². The minimum absolute atomic E-state index is 0.0841. The van der Waals surface area contributed by atoms with Crippen molar-refractivity contribution in [2.75, 3.05) is 5.32 Å². The number of nitrogens with one attached hydrogen (secondary N) is 1. The van der Waals surface area contributed by atoms with Gasteiger partial charge in [-0.2, -0.15) is 0 Å². The molecule has 4 heteroatoms. The minimum atomic E-state index is -0.0841. The minimum Gasteiger partial charge on any atom is -0.306 e. The summed E-state index contributed by atoms with van der Waals surface area (Å²) in [7, 11) is 0. The van der Waals surface area contributed by atoms with Crippen molar-refractivity contribution in [1.82, 2.24) is 4.98 Å². The molecule has 0 aromatic carbocycles. The van der Waals surface area contributed by atoms with E-state index >= 15 is 0 Å². The average molecular weight is 260 g/mol. The van der Waals surface area contributed by atoms with Gasteiger partial charge in [-0.3, -0.25) is 4.79 Å². The Labute approximate surface area is 111 Å². The van der Waals surface area contributed by atoms with Crippen LogP contribution < -0.4 is 5.32 Å². The lowest BCUT2D eigenvalue weighted by molar-refractivity contribution is 0.103. The van der Waals surface area contributed by atoms with Crippen molar-refractivity contribution in [3.05, 3.63) is 45.3 Å². The van der Waals surface area contributed by atoms with Crippen LogP contribution in [0.2, 0.25) is 0 Å². The van der Waals surface area contributed by atoms with Crippen molar-refractivity contribution < 1.29 is 4.79 Å². The van der Waals surface area contributed by atoms with Crippen LogP contribution in [-0.4, -0.2) is 10.9 Å². The number of aryl methyl sites for hydroxylation is 3. The highest BCUT2D eigenvalue weighted by Gasteiger charge is 2.12. The number of amides is 1. The molecular weight excluding hydrogens is 244 g/mol. The summed E-state index contributed by atoms with van der Waals surface area (Å²) >= 11 is 1.53. The van der Waals surface area contributed by atoms with Crippen molar-refractivity contribution in [2.24, 2.45) is 0 Å². The van der Waals surface area contributed by atoms with Crippen LogP contribution in [0.5, 0.6) is 0 Å². The number of rotatable bonds is 3. The molecule has 0 unspecified atom stereocenters. The zero-order valence-electron chi connectivity index (χ0n) is 10.8. The number of hydrogen-bond donors (Lipinski definition) is 1.